The van der Waals surface area contributed by atoms with Gasteiger partial charge in [-0.25, -0.2) is 13.4 Å². The molecule has 11 heteroatoms. The topological polar surface area (TPSA) is 91.3 Å². The minimum atomic E-state index is -3.67. The van der Waals surface area contributed by atoms with E-state index in [4.69, 9.17) is 9.47 Å². The minimum absolute atomic E-state index is 0.243. The molecule has 4 heterocycles. The van der Waals surface area contributed by atoms with Crippen molar-refractivity contribution in [3.05, 3.63) is 35.5 Å². The van der Waals surface area contributed by atoms with Crippen molar-refractivity contribution in [3.63, 3.8) is 0 Å². The number of sulfonamides is 1. The number of nitrogens with zero attached hydrogens (tertiary/aromatic N) is 6. The van der Waals surface area contributed by atoms with E-state index in [0.717, 1.165) is 44.9 Å². The van der Waals surface area contributed by atoms with Gasteiger partial charge >= 0.3 is 0 Å². The molecule has 0 N–H and O–H groups in total. The summed E-state index contributed by atoms with van der Waals surface area (Å²) in [5.74, 6) is 2.62. The highest BCUT2D eigenvalue weighted by molar-refractivity contribution is 7.89. The van der Waals surface area contributed by atoms with Gasteiger partial charge in [-0.15, -0.1) is 0 Å². The second-order valence-corrected chi connectivity index (χ2v) is 13.4. The largest absolute Gasteiger partial charge is 0.497 e. The molecule has 0 amide bonds. The van der Waals surface area contributed by atoms with Crippen LogP contribution in [0, 0.1) is 19.8 Å². The molecule has 0 unspecified atom stereocenters. The van der Waals surface area contributed by atoms with E-state index in [-0.39, 0.29) is 12.6 Å². The Morgan fingerprint density at radius 3 is 2.35 bits per heavy atom. The number of aromatic nitrogens is 2. The van der Waals surface area contributed by atoms with Gasteiger partial charge in [-0.2, -0.15) is 9.29 Å². The van der Waals surface area contributed by atoms with Crippen LogP contribution in [0.1, 0.15) is 36.8 Å². The monoisotopic (exact) mass is 572 g/mol. The number of methoxy groups -OCH3 is 1. The Balaban J connectivity index is 1.17. The molecule has 220 valence electrons. The van der Waals surface area contributed by atoms with Crippen LogP contribution >= 0.6 is 0 Å². The van der Waals surface area contributed by atoms with Crippen LogP contribution in [0.4, 0.5) is 5.95 Å². The third-order valence-corrected chi connectivity index (χ3v) is 10.9. The van der Waals surface area contributed by atoms with Gasteiger partial charge in [-0.3, -0.25) is 4.90 Å². The lowest BCUT2D eigenvalue weighted by atomic mass is 9.96. The zero-order valence-electron chi connectivity index (χ0n) is 24.4. The van der Waals surface area contributed by atoms with Gasteiger partial charge in [0, 0.05) is 51.5 Å². The molecule has 3 aliphatic heterocycles. The molecule has 1 atom stereocenters. The smallest absolute Gasteiger partial charge is 0.243 e. The maximum atomic E-state index is 13.7. The quantitative estimate of drug-likeness (QED) is 0.450. The molecular formula is C29H44N6O4S. The number of piperazine rings is 1. The van der Waals surface area contributed by atoms with Crippen molar-refractivity contribution in [2.24, 2.45) is 5.92 Å². The van der Waals surface area contributed by atoms with E-state index in [1.165, 1.54) is 32.5 Å². The number of ether oxygens (including phenoxy) is 2. The predicted octanol–water partition coefficient (Wildman–Crippen LogP) is 2.80. The summed E-state index contributed by atoms with van der Waals surface area (Å²) in [6.07, 6.45) is 5.87. The van der Waals surface area contributed by atoms with Gasteiger partial charge in [-0.05, 0) is 88.8 Å². The van der Waals surface area contributed by atoms with E-state index in [0.29, 0.717) is 40.1 Å². The molecule has 10 nitrogen and oxygen atoms in total. The first-order chi connectivity index (χ1) is 19.2. The molecule has 0 saturated carbocycles. The van der Waals surface area contributed by atoms with Crippen molar-refractivity contribution < 1.29 is 17.9 Å². The van der Waals surface area contributed by atoms with Gasteiger partial charge in [0.05, 0.1) is 18.0 Å². The lowest BCUT2D eigenvalue weighted by Crippen LogP contribution is -2.49. The number of rotatable bonds is 9. The van der Waals surface area contributed by atoms with Crippen LogP contribution in [-0.4, -0.2) is 112 Å². The Hall–Kier alpha value is -2.47. The summed E-state index contributed by atoms with van der Waals surface area (Å²) in [6, 6.07) is 5.06. The summed E-state index contributed by atoms with van der Waals surface area (Å²) in [5.41, 5.74) is 1.38. The van der Waals surface area contributed by atoms with Crippen molar-refractivity contribution >= 4 is 16.0 Å². The Kier molecular flexibility index (Phi) is 9.14. The fraction of sp³-hybridized carbons (Fsp3) is 0.655. The number of aryl methyl sites for hydroxylation is 2. The number of benzene rings is 1. The maximum absolute atomic E-state index is 13.7. The number of hydrogen-bond acceptors (Lipinski definition) is 9. The number of hydrogen-bond donors (Lipinski definition) is 0. The average molecular weight is 573 g/mol. The second kappa shape index (κ2) is 12.6. The van der Waals surface area contributed by atoms with Crippen LogP contribution in [0.25, 0.3) is 0 Å². The summed E-state index contributed by atoms with van der Waals surface area (Å²) in [4.78, 5) is 16.8. The molecule has 5 rings (SSSR count). The van der Waals surface area contributed by atoms with E-state index in [1.807, 2.05) is 13.8 Å². The normalized spacial score (nSPS) is 22.1. The zero-order chi connectivity index (χ0) is 28.3. The zero-order valence-corrected chi connectivity index (χ0v) is 25.2. The van der Waals surface area contributed by atoms with Crippen LogP contribution in [0.15, 0.2) is 29.3 Å². The third-order valence-electron chi connectivity index (χ3n) is 8.61. The SMILES string of the molecule is COc1cc(C)c(S(=O)(=O)N2CCC[C@H]2COc2ccnc(N3CCN(CC4CCN(C)CC4)CC3)n2)c(C)c1. The first-order valence-electron chi connectivity index (χ1n) is 14.5. The van der Waals surface area contributed by atoms with Gasteiger partial charge < -0.3 is 19.3 Å². The summed E-state index contributed by atoms with van der Waals surface area (Å²) in [7, 11) is 0.127. The lowest BCUT2D eigenvalue weighted by molar-refractivity contribution is 0.155. The minimum Gasteiger partial charge on any atom is -0.497 e. The summed E-state index contributed by atoms with van der Waals surface area (Å²) >= 11 is 0. The van der Waals surface area contributed by atoms with Gasteiger partial charge in [0.2, 0.25) is 21.9 Å². The molecule has 0 spiro atoms. The molecule has 1 aromatic heterocycles. The first-order valence-corrected chi connectivity index (χ1v) is 16.0. The average Bonchev–Trinajstić information content (AvgIpc) is 3.43. The summed E-state index contributed by atoms with van der Waals surface area (Å²) < 4.78 is 40.4. The second-order valence-electron chi connectivity index (χ2n) is 11.5. The molecule has 2 aromatic rings. The fourth-order valence-electron chi connectivity index (χ4n) is 6.33. The van der Waals surface area contributed by atoms with Gasteiger partial charge in [0.1, 0.15) is 12.4 Å². The molecule has 3 saturated heterocycles. The molecule has 0 radical (unpaired) electrons. The van der Waals surface area contributed by atoms with Crippen LogP contribution in [-0.2, 0) is 10.0 Å². The van der Waals surface area contributed by atoms with Crippen LogP contribution in [0.5, 0.6) is 11.6 Å². The molecule has 1 aromatic carbocycles. The number of anilines is 1. The van der Waals surface area contributed by atoms with E-state index >= 15 is 0 Å². The highest BCUT2D eigenvalue weighted by Gasteiger charge is 2.37. The number of piperidine rings is 1. The van der Waals surface area contributed by atoms with Crippen LogP contribution in [0.2, 0.25) is 0 Å². The highest BCUT2D eigenvalue weighted by atomic mass is 32.2. The van der Waals surface area contributed by atoms with Crippen LogP contribution < -0.4 is 14.4 Å². The number of likely N-dealkylation sites (tertiary alicyclic amines) is 1. The molecule has 40 heavy (non-hydrogen) atoms. The van der Waals surface area contributed by atoms with Gasteiger partial charge in [-0.1, -0.05) is 0 Å². The highest BCUT2D eigenvalue weighted by Crippen LogP contribution is 2.32. The molecule has 3 fully saturated rings. The maximum Gasteiger partial charge on any atom is 0.243 e. The van der Waals surface area contributed by atoms with Gasteiger partial charge in [0.25, 0.3) is 0 Å². The molecule has 3 aliphatic rings. The third kappa shape index (κ3) is 6.53. The molecular weight excluding hydrogens is 528 g/mol. The van der Waals surface area contributed by atoms with Gasteiger partial charge in [0.15, 0.2) is 0 Å². The Labute approximate surface area is 239 Å². The fourth-order valence-corrected chi connectivity index (χ4v) is 8.43. The van der Waals surface area contributed by atoms with Crippen LogP contribution in [0.3, 0.4) is 0 Å². The van der Waals surface area contributed by atoms with E-state index in [1.54, 1.807) is 35.8 Å². The van der Waals surface area contributed by atoms with E-state index in [9.17, 15) is 8.42 Å². The van der Waals surface area contributed by atoms with E-state index < -0.39 is 10.0 Å². The molecule has 0 aliphatic carbocycles. The van der Waals surface area contributed by atoms with Crippen molar-refractivity contribution in [1.29, 1.82) is 0 Å². The first kappa shape index (κ1) is 29.0. The Morgan fingerprint density at radius 1 is 0.975 bits per heavy atom. The summed E-state index contributed by atoms with van der Waals surface area (Å²) in [6.45, 7) is 11.8. The van der Waals surface area contributed by atoms with E-state index in [2.05, 4.69) is 31.7 Å². The van der Waals surface area contributed by atoms with Crippen molar-refractivity contribution in [1.82, 2.24) is 24.1 Å². The standard InChI is InChI=1S/C29H44N6O4S/c1-22-18-26(38-4)19-23(2)28(22)40(36,37)35-11-5-6-25(35)21-39-27-7-10-30-29(31-27)34-16-14-33(15-17-34)20-24-8-12-32(3)13-9-24/h7,10,18-19,24-25H,5-6,8-9,11-17,20-21H2,1-4H3/t25-/m0/s1. The Bertz CT molecular complexity index is 1240. The van der Waals surface area contributed by atoms with Crippen molar-refractivity contribution in [3.8, 4) is 11.6 Å². The predicted molar refractivity (Wildman–Crippen MR) is 156 cm³/mol. The molecule has 0 bridgehead atoms. The lowest BCUT2D eigenvalue weighted by Gasteiger charge is -2.38. The summed E-state index contributed by atoms with van der Waals surface area (Å²) in [5, 5.41) is 0. The van der Waals surface area contributed by atoms with Crippen molar-refractivity contribution in [2.45, 2.75) is 50.5 Å². The van der Waals surface area contributed by atoms with Crippen molar-refractivity contribution in [2.75, 3.05) is 78.0 Å². The Morgan fingerprint density at radius 2 is 1.68 bits per heavy atom.